The molecule has 20 heavy (non-hydrogen) atoms. The highest BCUT2D eigenvalue weighted by atomic mass is 35.5. The van der Waals surface area contributed by atoms with Crippen LogP contribution in [0.25, 0.3) is 0 Å². The van der Waals surface area contributed by atoms with E-state index in [1.165, 1.54) is 13.0 Å². The van der Waals surface area contributed by atoms with Crippen LogP contribution in [0.15, 0.2) is 18.2 Å². The Labute approximate surface area is 122 Å². The van der Waals surface area contributed by atoms with Gasteiger partial charge in [-0.1, -0.05) is 25.4 Å². The predicted octanol–water partition coefficient (Wildman–Crippen LogP) is 2.31. The molecule has 6 heteroatoms. The molecule has 0 aliphatic rings. The topological polar surface area (TPSA) is 82.0 Å². The van der Waals surface area contributed by atoms with E-state index in [1.807, 2.05) is 19.9 Å². The van der Waals surface area contributed by atoms with Gasteiger partial charge in [-0.05, 0) is 24.1 Å². The molecule has 2 N–H and O–H groups in total. The Morgan fingerprint density at radius 1 is 1.35 bits per heavy atom. The molecule has 0 radical (unpaired) electrons. The van der Waals surface area contributed by atoms with E-state index >= 15 is 0 Å². The molecule has 0 spiro atoms. The maximum absolute atomic E-state index is 12.1. The summed E-state index contributed by atoms with van der Waals surface area (Å²) in [4.78, 5) is 23.2. The van der Waals surface area contributed by atoms with E-state index in [9.17, 15) is 9.59 Å². The molecule has 0 heterocycles. The van der Waals surface area contributed by atoms with Gasteiger partial charge in [0.15, 0.2) is 0 Å². The fraction of sp³-hybridized carbons (Fsp3) is 0.357. The number of carbonyl (C=O) groups excluding carboxylic acids is 2. The number of hydrogen-bond acceptors (Lipinski definition) is 3. The molecule has 2 amide bonds. The number of nitrogens with zero attached hydrogens (tertiary/aromatic N) is 1. The van der Waals surface area contributed by atoms with Crippen LogP contribution in [-0.2, 0) is 9.59 Å². The Kier molecular flexibility index (Phi) is 5.53. The Hall–Kier alpha value is -2.06. The molecule has 0 aliphatic carbocycles. The first kappa shape index (κ1) is 16.0. The number of nitrogens with one attached hydrogen (secondary N) is 2. The second-order valence-corrected chi connectivity index (χ2v) is 5.13. The molecule has 0 saturated carbocycles. The standard InChI is InChI=1S/C14H16ClN3O2/c1-8(2)13(17-9(3)19)14(20)18-11-4-5-12(15)10(6-11)7-16/h4-6,8,13H,1-3H3,(H,17,19)(H,18,20)/t13-/m1/s1. The summed E-state index contributed by atoms with van der Waals surface area (Å²) >= 11 is 5.82. The molecule has 5 nitrogen and oxygen atoms in total. The third-order valence-corrected chi connectivity index (χ3v) is 2.99. The lowest BCUT2D eigenvalue weighted by Gasteiger charge is -2.21. The maximum atomic E-state index is 12.1. The molecular weight excluding hydrogens is 278 g/mol. The number of carbonyl (C=O) groups is 2. The third-order valence-electron chi connectivity index (χ3n) is 2.66. The van der Waals surface area contributed by atoms with Crippen LogP contribution < -0.4 is 10.6 Å². The number of benzene rings is 1. The minimum Gasteiger partial charge on any atom is -0.344 e. The lowest BCUT2D eigenvalue weighted by molar-refractivity contribution is -0.126. The Morgan fingerprint density at radius 2 is 2.00 bits per heavy atom. The summed E-state index contributed by atoms with van der Waals surface area (Å²) in [6, 6.07) is 5.94. The lowest BCUT2D eigenvalue weighted by Crippen LogP contribution is -2.46. The molecule has 1 rings (SSSR count). The highest BCUT2D eigenvalue weighted by Crippen LogP contribution is 2.20. The largest absolute Gasteiger partial charge is 0.344 e. The van der Waals surface area contributed by atoms with Crippen LogP contribution in [0.4, 0.5) is 5.69 Å². The van der Waals surface area contributed by atoms with Crippen molar-refractivity contribution in [2.24, 2.45) is 5.92 Å². The summed E-state index contributed by atoms with van der Waals surface area (Å²) in [7, 11) is 0. The van der Waals surface area contributed by atoms with Crippen molar-refractivity contribution >= 4 is 29.1 Å². The van der Waals surface area contributed by atoms with Crippen LogP contribution in [0.1, 0.15) is 26.3 Å². The Bertz CT molecular complexity index is 564. The molecule has 0 unspecified atom stereocenters. The minimum atomic E-state index is -0.631. The van der Waals surface area contributed by atoms with Gasteiger partial charge in [-0.2, -0.15) is 5.26 Å². The zero-order chi connectivity index (χ0) is 15.3. The van der Waals surface area contributed by atoms with Crippen LogP contribution in [0.5, 0.6) is 0 Å². The summed E-state index contributed by atoms with van der Waals surface area (Å²) in [5.74, 6) is -0.657. The molecule has 0 bridgehead atoms. The van der Waals surface area contributed by atoms with Gasteiger partial charge in [0, 0.05) is 12.6 Å². The van der Waals surface area contributed by atoms with Gasteiger partial charge in [-0.15, -0.1) is 0 Å². The maximum Gasteiger partial charge on any atom is 0.247 e. The van der Waals surface area contributed by atoms with Gasteiger partial charge in [0.2, 0.25) is 11.8 Å². The van der Waals surface area contributed by atoms with E-state index in [-0.39, 0.29) is 23.3 Å². The van der Waals surface area contributed by atoms with Crippen LogP contribution in [-0.4, -0.2) is 17.9 Å². The van der Waals surface area contributed by atoms with Gasteiger partial charge >= 0.3 is 0 Å². The van der Waals surface area contributed by atoms with E-state index in [0.717, 1.165) is 0 Å². The summed E-state index contributed by atoms with van der Waals surface area (Å²) in [6.45, 7) is 5.03. The van der Waals surface area contributed by atoms with E-state index in [1.54, 1.807) is 12.1 Å². The summed E-state index contributed by atoms with van der Waals surface area (Å²) < 4.78 is 0. The second-order valence-electron chi connectivity index (χ2n) is 4.72. The van der Waals surface area contributed by atoms with Gasteiger partial charge in [-0.3, -0.25) is 9.59 Å². The average molecular weight is 294 g/mol. The van der Waals surface area contributed by atoms with Crippen molar-refractivity contribution in [3.05, 3.63) is 28.8 Å². The second kappa shape index (κ2) is 6.92. The minimum absolute atomic E-state index is 0.0540. The number of halogens is 1. The average Bonchev–Trinajstić information content (AvgIpc) is 2.37. The zero-order valence-electron chi connectivity index (χ0n) is 11.5. The first-order valence-electron chi connectivity index (χ1n) is 6.12. The molecule has 0 saturated heterocycles. The molecule has 0 aliphatic heterocycles. The molecule has 1 aromatic carbocycles. The van der Waals surface area contributed by atoms with Gasteiger partial charge in [0.1, 0.15) is 12.1 Å². The first-order valence-corrected chi connectivity index (χ1v) is 6.50. The fourth-order valence-electron chi connectivity index (χ4n) is 1.66. The van der Waals surface area contributed by atoms with Crippen LogP contribution in [0.3, 0.4) is 0 Å². The Balaban J connectivity index is 2.88. The van der Waals surface area contributed by atoms with Crippen molar-refractivity contribution in [2.75, 3.05) is 5.32 Å². The van der Waals surface area contributed by atoms with E-state index in [0.29, 0.717) is 10.7 Å². The quantitative estimate of drug-likeness (QED) is 0.893. The number of rotatable bonds is 4. The van der Waals surface area contributed by atoms with Crippen LogP contribution >= 0.6 is 11.6 Å². The van der Waals surface area contributed by atoms with E-state index < -0.39 is 6.04 Å². The Morgan fingerprint density at radius 3 is 2.50 bits per heavy atom. The van der Waals surface area contributed by atoms with Crippen LogP contribution in [0.2, 0.25) is 5.02 Å². The molecular formula is C14H16ClN3O2. The van der Waals surface area contributed by atoms with Crippen molar-refractivity contribution in [1.82, 2.24) is 5.32 Å². The number of anilines is 1. The van der Waals surface area contributed by atoms with Crippen molar-refractivity contribution in [2.45, 2.75) is 26.8 Å². The van der Waals surface area contributed by atoms with Crippen molar-refractivity contribution in [3.63, 3.8) is 0 Å². The van der Waals surface area contributed by atoms with Crippen LogP contribution in [0, 0.1) is 17.2 Å². The SMILES string of the molecule is CC(=O)N[C@@H](C(=O)Nc1ccc(Cl)c(C#N)c1)C(C)C. The molecule has 0 fully saturated rings. The summed E-state index contributed by atoms with van der Waals surface area (Å²) in [6.07, 6.45) is 0. The lowest BCUT2D eigenvalue weighted by atomic mass is 10.0. The van der Waals surface area contributed by atoms with Crippen molar-refractivity contribution < 1.29 is 9.59 Å². The fourth-order valence-corrected chi connectivity index (χ4v) is 1.82. The van der Waals surface area contributed by atoms with Gasteiger partial charge in [0.05, 0.1) is 10.6 Å². The summed E-state index contributed by atoms with van der Waals surface area (Å²) in [5, 5.41) is 14.5. The zero-order valence-corrected chi connectivity index (χ0v) is 12.3. The number of nitriles is 1. The van der Waals surface area contributed by atoms with Crippen molar-refractivity contribution in [1.29, 1.82) is 5.26 Å². The first-order chi connectivity index (χ1) is 9.35. The normalized spacial score (nSPS) is 11.6. The summed E-state index contributed by atoms with van der Waals surface area (Å²) in [5.41, 5.74) is 0.747. The number of hydrogen-bond donors (Lipinski definition) is 2. The number of amides is 2. The molecule has 1 atom stereocenters. The molecule has 106 valence electrons. The van der Waals surface area contributed by atoms with Gasteiger partial charge in [-0.25, -0.2) is 0 Å². The van der Waals surface area contributed by atoms with Crippen molar-refractivity contribution in [3.8, 4) is 6.07 Å². The molecule has 1 aromatic rings. The molecule has 0 aromatic heterocycles. The van der Waals surface area contributed by atoms with E-state index in [2.05, 4.69) is 10.6 Å². The highest BCUT2D eigenvalue weighted by molar-refractivity contribution is 6.31. The monoisotopic (exact) mass is 293 g/mol. The van der Waals surface area contributed by atoms with Gasteiger partial charge in [0.25, 0.3) is 0 Å². The highest BCUT2D eigenvalue weighted by Gasteiger charge is 2.23. The smallest absolute Gasteiger partial charge is 0.247 e. The van der Waals surface area contributed by atoms with E-state index in [4.69, 9.17) is 16.9 Å². The third kappa shape index (κ3) is 4.25. The van der Waals surface area contributed by atoms with Gasteiger partial charge < -0.3 is 10.6 Å². The predicted molar refractivity (Wildman–Crippen MR) is 77.2 cm³/mol.